The molecule has 0 aliphatic rings. The van der Waals surface area contributed by atoms with E-state index in [4.69, 9.17) is 9.47 Å². The molecule has 7 heteroatoms. The van der Waals surface area contributed by atoms with Crippen LogP contribution in [0.2, 0.25) is 0 Å². The number of nitriles is 1. The second-order valence-electron chi connectivity index (χ2n) is 7.01. The third-order valence-corrected chi connectivity index (χ3v) is 5.89. The van der Waals surface area contributed by atoms with Crippen molar-refractivity contribution in [2.75, 3.05) is 25.3 Å². The number of aromatic nitrogens is 1. The number of benzene rings is 2. The lowest BCUT2D eigenvalue weighted by Gasteiger charge is -2.18. The molecular weight excluding hydrogens is 422 g/mol. The average molecular weight is 448 g/mol. The highest BCUT2D eigenvalue weighted by Crippen LogP contribution is 2.39. The van der Waals surface area contributed by atoms with Crippen molar-refractivity contribution in [1.82, 2.24) is 4.98 Å². The van der Waals surface area contributed by atoms with Gasteiger partial charge >= 0.3 is 0 Å². The maximum Gasteiger partial charge on any atom is 0.258 e. The fourth-order valence-corrected chi connectivity index (χ4v) is 4.25. The van der Waals surface area contributed by atoms with Crippen LogP contribution in [-0.2, 0) is 0 Å². The molecule has 3 rings (SSSR count). The molecule has 0 aliphatic heterocycles. The van der Waals surface area contributed by atoms with E-state index in [0.717, 1.165) is 11.3 Å². The lowest BCUT2D eigenvalue weighted by atomic mass is 9.94. The molecule has 0 spiro atoms. The SMILES string of the molecule is CCSc1nc(C)c(C(=O)Nc2ccccc2C)c(-c2ccc(OC)c(OC)c2)c1C#N. The number of nitrogens with one attached hydrogen (secondary N) is 1. The molecule has 2 aromatic carbocycles. The van der Waals surface area contributed by atoms with Crippen LogP contribution in [0.3, 0.4) is 0 Å². The highest BCUT2D eigenvalue weighted by molar-refractivity contribution is 7.99. The Morgan fingerprint density at radius 1 is 1.12 bits per heavy atom. The fraction of sp³-hybridized carbons (Fsp3) is 0.240. The van der Waals surface area contributed by atoms with Crippen LogP contribution < -0.4 is 14.8 Å². The Bertz CT molecular complexity index is 1200. The minimum absolute atomic E-state index is 0.321. The topological polar surface area (TPSA) is 84.2 Å². The van der Waals surface area contributed by atoms with E-state index in [0.29, 0.717) is 50.2 Å². The summed E-state index contributed by atoms with van der Waals surface area (Å²) >= 11 is 1.47. The number of pyridine rings is 1. The van der Waals surface area contributed by atoms with Gasteiger partial charge in [-0.05, 0) is 48.9 Å². The normalized spacial score (nSPS) is 10.4. The third kappa shape index (κ3) is 4.56. The largest absolute Gasteiger partial charge is 0.493 e. The van der Waals surface area contributed by atoms with Crippen molar-refractivity contribution in [2.24, 2.45) is 0 Å². The van der Waals surface area contributed by atoms with Gasteiger partial charge in [0.15, 0.2) is 11.5 Å². The Morgan fingerprint density at radius 3 is 2.47 bits per heavy atom. The van der Waals surface area contributed by atoms with Crippen LogP contribution in [0.5, 0.6) is 11.5 Å². The lowest BCUT2D eigenvalue weighted by molar-refractivity contribution is 0.102. The van der Waals surface area contributed by atoms with Gasteiger partial charge in [-0.2, -0.15) is 5.26 Å². The van der Waals surface area contributed by atoms with Crippen molar-refractivity contribution >= 4 is 23.4 Å². The summed E-state index contributed by atoms with van der Waals surface area (Å²) in [5, 5.41) is 13.6. The summed E-state index contributed by atoms with van der Waals surface area (Å²) < 4.78 is 10.8. The molecule has 0 saturated carbocycles. The van der Waals surface area contributed by atoms with E-state index in [1.54, 1.807) is 33.3 Å². The molecule has 6 nitrogen and oxygen atoms in total. The quantitative estimate of drug-likeness (QED) is 0.473. The molecule has 0 unspecified atom stereocenters. The number of ether oxygens (including phenoxy) is 2. The minimum atomic E-state index is -0.321. The van der Waals surface area contributed by atoms with Crippen molar-refractivity contribution in [2.45, 2.75) is 25.8 Å². The maximum absolute atomic E-state index is 13.5. The van der Waals surface area contributed by atoms with Crippen molar-refractivity contribution in [3.8, 4) is 28.7 Å². The van der Waals surface area contributed by atoms with E-state index in [-0.39, 0.29) is 5.91 Å². The highest BCUT2D eigenvalue weighted by Gasteiger charge is 2.25. The van der Waals surface area contributed by atoms with E-state index < -0.39 is 0 Å². The molecular formula is C25H25N3O3S. The van der Waals surface area contributed by atoms with E-state index in [9.17, 15) is 10.1 Å². The number of carbonyl (C=O) groups is 1. The van der Waals surface area contributed by atoms with Crippen LogP contribution in [0.4, 0.5) is 5.69 Å². The predicted molar refractivity (Wildman–Crippen MR) is 128 cm³/mol. The fourth-order valence-electron chi connectivity index (χ4n) is 3.48. The average Bonchev–Trinajstić information content (AvgIpc) is 2.79. The maximum atomic E-state index is 13.5. The second-order valence-corrected chi connectivity index (χ2v) is 8.26. The molecule has 0 saturated heterocycles. The number of hydrogen-bond donors (Lipinski definition) is 1. The number of carbonyl (C=O) groups excluding carboxylic acids is 1. The van der Waals surface area contributed by atoms with Gasteiger partial charge in [-0.3, -0.25) is 4.79 Å². The van der Waals surface area contributed by atoms with Gasteiger partial charge in [-0.25, -0.2) is 4.98 Å². The van der Waals surface area contributed by atoms with Crippen LogP contribution in [0.1, 0.15) is 34.1 Å². The molecule has 0 atom stereocenters. The van der Waals surface area contributed by atoms with Gasteiger partial charge in [0.2, 0.25) is 0 Å². The first-order chi connectivity index (χ1) is 15.4. The van der Waals surface area contributed by atoms with Gasteiger partial charge in [-0.15, -0.1) is 11.8 Å². The number of methoxy groups -OCH3 is 2. The molecule has 0 fully saturated rings. The number of para-hydroxylation sites is 1. The number of anilines is 1. The lowest BCUT2D eigenvalue weighted by Crippen LogP contribution is -2.18. The van der Waals surface area contributed by atoms with Crippen LogP contribution >= 0.6 is 11.8 Å². The summed E-state index contributed by atoms with van der Waals surface area (Å²) in [7, 11) is 3.11. The van der Waals surface area contributed by atoms with Gasteiger partial charge in [0.25, 0.3) is 5.91 Å². The zero-order chi connectivity index (χ0) is 23.3. The number of thioether (sulfide) groups is 1. The molecule has 0 radical (unpaired) electrons. The number of hydrogen-bond acceptors (Lipinski definition) is 6. The van der Waals surface area contributed by atoms with Gasteiger partial charge < -0.3 is 14.8 Å². The Labute approximate surface area is 192 Å². The summed E-state index contributed by atoms with van der Waals surface area (Å²) in [5.74, 6) is 1.51. The Hall–Kier alpha value is -3.50. The highest BCUT2D eigenvalue weighted by atomic mass is 32.2. The monoisotopic (exact) mass is 447 g/mol. The van der Waals surface area contributed by atoms with Crippen molar-refractivity contribution < 1.29 is 14.3 Å². The van der Waals surface area contributed by atoms with Crippen LogP contribution in [0.25, 0.3) is 11.1 Å². The van der Waals surface area contributed by atoms with Crippen LogP contribution in [-0.4, -0.2) is 30.9 Å². The molecule has 0 aliphatic carbocycles. The molecule has 1 heterocycles. The van der Waals surface area contributed by atoms with Crippen molar-refractivity contribution in [3.05, 3.63) is 64.8 Å². The summed E-state index contributed by atoms with van der Waals surface area (Å²) in [5.41, 5.74) is 4.14. The Morgan fingerprint density at radius 2 is 1.84 bits per heavy atom. The second kappa shape index (κ2) is 10.2. The molecule has 1 aromatic heterocycles. The summed E-state index contributed by atoms with van der Waals surface area (Å²) in [6.45, 7) is 5.72. The van der Waals surface area contributed by atoms with Crippen LogP contribution in [0.15, 0.2) is 47.5 Å². The zero-order valence-electron chi connectivity index (χ0n) is 18.8. The standard InChI is InChI=1S/C25H25N3O3S/c1-6-32-25-18(14-26)23(17-11-12-20(30-4)21(13-17)31-5)22(16(3)27-25)24(29)28-19-10-8-7-9-15(19)2/h7-13H,6H2,1-5H3,(H,28,29). The summed E-state index contributed by atoms with van der Waals surface area (Å²) in [4.78, 5) is 18.1. The van der Waals surface area contributed by atoms with E-state index in [1.165, 1.54) is 11.8 Å². The van der Waals surface area contributed by atoms with Gasteiger partial charge in [0.05, 0.1) is 31.0 Å². The van der Waals surface area contributed by atoms with Crippen LogP contribution in [0, 0.1) is 25.2 Å². The van der Waals surface area contributed by atoms with E-state index in [2.05, 4.69) is 16.4 Å². The zero-order valence-corrected chi connectivity index (χ0v) is 19.6. The number of amides is 1. The van der Waals surface area contributed by atoms with Gasteiger partial charge in [0, 0.05) is 11.3 Å². The molecule has 0 bridgehead atoms. The summed E-state index contributed by atoms with van der Waals surface area (Å²) in [6.07, 6.45) is 0. The predicted octanol–water partition coefficient (Wildman–Crippen LogP) is 5.62. The first-order valence-electron chi connectivity index (χ1n) is 10.1. The molecule has 1 N–H and O–H groups in total. The Balaban J connectivity index is 2.27. The molecule has 3 aromatic rings. The third-order valence-electron chi connectivity index (χ3n) is 5.03. The van der Waals surface area contributed by atoms with Gasteiger partial charge in [-0.1, -0.05) is 31.2 Å². The summed E-state index contributed by atoms with van der Waals surface area (Å²) in [6, 6.07) is 15.2. The van der Waals surface area contributed by atoms with Crippen molar-refractivity contribution in [3.63, 3.8) is 0 Å². The number of aryl methyl sites for hydroxylation is 2. The smallest absolute Gasteiger partial charge is 0.258 e. The molecule has 164 valence electrons. The molecule has 32 heavy (non-hydrogen) atoms. The number of nitrogens with zero attached hydrogens (tertiary/aromatic N) is 2. The Kier molecular flexibility index (Phi) is 7.39. The first-order valence-corrected chi connectivity index (χ1v) is 11.1. The first kappa shape index (κ1) is 23.2. The van der Waals surface area contributed by atoms with E-state index in [1.807, 2.05) is 44.2 Å². The van der Waals surface area contributed by atoms with E-state index >= 15 is 0 Å². The minimum Gasteiger partial charge on any atom is -0.493 e. The number of rotatable bonds is 7. The molecule has 1 amide bonds. The van der Waals surface area contributed by atoms with Gasteiger partial charge in [0.1, 0.15) is 11.1 Å². The van der Waals surface area contributed by atoms with Crippen molar-refractivity contribution in [1.29, 1.82) is 5.26 Å².